The summed E-state index contributed by atoms with van der Waals surface area (Å²) in [6.07, 6.45) is 2.43. The third-order valence-electron chi connectivity index (χ3n) is 3.13. The minimum atomic E-state index is 0.393. The van der Waals surface area contributed by atoms with Crippen molar-refractivity contribution >= 4 is 11.8 Å². The summed E-state index contributed by atoms with van der Waals surface area (Å²) in [5.41, 5.74) is 8.94. The van der Waals surface area contributed by atoms with Crippen molar-refractivity contribution in [2.75, 3.05) is 11.5 Å². The molecule has 1 saturated heterocycles. The Morgan fingerprint density at radius 2 is 2.33 bits per heavy atom. The molecule has 2 heteroatoms. The van der Waals surface area contributed by atoms with Crippen LogP contribution in [0.1, 0.15) is 17.5 Å². The Morgan fingerprint density at radius 3 is 3.07 bits per heavy atom. The second-order valence-corrected chi connectivity index (χ2v) is 5.63. The maximum absolute atomic E-state index is 6.14. The first-order valence-corrected chi connectivity index (χ1v) is 6.80. The monoisotopic (exact) mass is 221 g/mol. The molecule has 1 aromatic carbocycles. The highest BCUT2D eigenvalue weighted by atomic mass is 32.2. The minimum absolute atomic E-state index is 0.393. The molecule has 0 bridgehead atoms. The van der Waals surface area contributed by atoms with E-state index in [9.17, 15) is 0 Å². The Bertz CT molecular complexity index is 324. The van der Waals surface area contributed by atoms with E-state index >= 15 is 0 Å². The molecule has 2 unspecified atom stereocenters. The molecule has 2 rings (SSSR count). The molecule has 1 aliphatic heterocycles. The summed E-state index contributed by atoms with van der Waals surface area (Å²) in [5.74, 6) is 3.11. The summed E-state index contributed by atoms with van der Waals surface area (Å²) in [4.78, 5) is 0. The van der Waals surface area contributed by atoms with E-state index in [1.54, 1.807) is 0 Å². The van der Waals surface area contributed by atoms with Crippen LogP contribution in [0.25, 0.3) is 0 Å². The van der Waals surface area contributed by atoms with E-state index in [0.29, 0.717) is 12.0 Å². The zero-order valence-electron chi connectivity index (χ0n) is 9.28. The van der Waals surface area contributed by atoms with Crippen LogP contribution >= 0.6 is 11.8 Å². The van der Waals surface area contributed by atoms with Gasteiger partial charge in [-0.05, 0) is 37.0 Å². The van der Waals surface area contributed by atoms with Crippen molar-refractivity contribution in [3.05, 3.63) is 35.4 Å². The van der Waals surface area contributed by atoms with Gasteiger partial charge in [0.05, 0.1) is 0 Å². The number of hydrogen-bond acceptors (Lipinski definition) is 2. The molecule has 82 valence electrons. The fraction of sp³-hybridized carbons (Fsp3) is 0.538. The summed E-state index contributed by atoms with van der Waals surface area (Å²) in [6.45, 7) is 2.15. The number of hydrogen-bond donors (Lipinski definition) is 1. The molecule has 2 N–H and O–H groups in total. The summed E-state index contributed by atoms with van der Waals surface area (Å²) in [7, 11) is 0. The van der Waals surface area contributed by atoms with Crippen molar-refractivity contribution in [1.82, 2.24) is 0 Å². The van der Waals surface area contributed by atoms with Crippen LogP contribution < -0.4 is 5.73 Å². The van der Waals surface area contributed by atoms with Gasteiger partial charge in [-0.2, -0.15) is 11.8 Å². The summed E-state index contributed by atoms with van der Waals surface area (Å²) in [5, 5.41) is 0. The van der Waals surface area contributed by atoms with Gasteiger partial charge in [-0.25, -0.2) is 0 Å². The first kappa shape index (κ1) is 11.0. The van der Waals surface area contributed by atoms with E-state index in [2.05, 4.69) is 31.2 Å². The SMILES string of the molecule is Cc1cccc(CC2CCSCC2N)c1. The van der Waals surface area contributed by atoms with Crippen molar-refractivity contribution in [2.24, 2.45) is 11.7 Å². The van der Waals surface area contributed by atoms with Crippen LogP contribution in [0.15, 0.2) is 24.3 Å². The molecule has 0 aromatic heterocycles. The maximum Gasteiger partial charge on any atom is 0.0162 e. The van der Waals surface area contributed by atoms with Crippen molar-refractivity contribution in [3.8, 4) is 0 Å². The molecular weight excluding hydrogens is 202 g/mol. The zero-order chi connectivity index (χ0) is 10.7. The molecule has 2 atom stereocenters. The second kappa shape index (κ2) is 5.04. The molecule has 0 radical (unpaired) electrons. The van der Waals surface area contributed by atoms with Gasteiger partial charge in [-0.3, -0.25) is 0 Å². The Morgan fingerprint density at radius 1 is 1.47 bits per heavy atom. The molecule has 0 aliphatic carbocycles. The molecule has 1 aliphatic rings. The van der Waals surface area contributed by atoms with Gasteiger partial charge in [0.25, 0.3) is 0 Å². The van der Waals surface area contributed by atoms with Crippen LogP contribution in [0.2, 0.25) is 0 Å². The van der Waals surface area contributed by atoms with Gasteiger partial charge >= 0.3 is 0 Å². The van der Waals surface area contributed by atoms with Gasteiger partial charge in [0, 0.05) is 11.8 Å². The third-order valence-corrected chi connectivity index (χ3v) is 4.27. The van der Waals surface area contributed by atoms with Crippen LogP contribution in [0, 0.1) is 12.8 Å². The van der Waals surface area contributed by atoms with Gasteiger partial charge in [0.1, 0.15) is 0 Å². The molecule has 15 heavy (non-hydrogen) atoms. The standard InChI is InChI=1S/C13H19NS/c1-10-3-2-4-11(7-10)8-12-5-6-15-9-13(12)14/h2-4,7,12-13H,5-6,8-9,14H2,1H3. The predicted octanol–water partition coefficient (Wildman–Crippen LogP) is 2.62. The average molecular weight is 221 g/mol. The lowest BCUT2D eigenvalue weighted by Gasteiger charge is -2.28. The molecule has 1 aromatic rings. The molecule has 0 spiro atoms. The van der Waals surface area contributed by atoms with E-state index < -0.39 is 0 Å². The van der Waals surface area contributed by atoms with Crippen LogP contribution in [0.3, 0.4) is 0 Å². The second-order valence-electron chi connectivity index (χ2n) is 4.48. The molecule has 0 saturated carbocycles. The van der Waals surface area contributed by atoms with Gasteiger partial charge < -0.3 is 5.73 Å². The van der Waals surface area contributed by atoms with Crippen molar-refractivity contribution in [1.29, 1.82) is 0 Å². The van der Waals surface area contributed by atoms with Crippen molar-refractivity contribution in [3.63, 3.8) is 0 Å². The largest absolute Gasteiger partial charge is 0.327 e. The highest BCUT2D eigenvalue weighted by Crippen LogP contribution is 2.25. The Hall–Kier alpha value is -0.470. The highest BCUT2D eigenvalue weighted by molar-refractivity contribution is 7.99. The lowest BCUT2D eigenvalue weighted by Crippen LogP contribution is -2.37. The van der Waals surface area contributed by atoms with Crippen LogP contribution in [-0.2, 0) is 6.42 Å². The van der Waals surface area contributed by atoms with Gasteiger partial charge in [-0.15, -0.1) is 0 Å². The third kappa shape index (κ3) is 2.99. The Kier molecular flexibility index (Phi) is 3.71. The Labute approximate surface area is 96.4 Å². The Balaban J connectivity index is 2.01. The van der Waals surface area contributed by atoms with Gasteiger partial charge in [-0.1, -0.05) is 29.8 Å². The minimum Gasteiger partial charge on any atom is -0.327 e. The topological polar surface area (TPSA) is 26.0 Å². The molecule has 1 nitrogen and oxygen atoms in total. The first-order valence-electron chi connectivity index (χ1n) is 5.64. The first-order chi connectivity index (χ1) is 7.25. The van der Waals surface area contributed by atoms with E-state index in [0.717, 1.165) is 12.2 Å². The average Bonchev–Trinajstić information content (AvgIpc) is 2.22. The smallest absolute Gasteiger partial charge is 0.0162 e. The van der Waals surface area contributed by atoms with E-state index in [1.807, 2.05) is 11.8 Å². The summed E-state index contributed by atoms with van der Waals surface area (Å²) < 4.78 is 0. The molecule has 1 heterocycles. The van der Waals surface area contributed by atoms with Gasteiger partial charge in [0.2, 0.25) is 0 Å². The maximum atomic E-state index is 6.14. The predicted molar refractivity (Wildman–Crippen MR) is 68.3 cm³/mol. The molecular formula is C13H19NS. The number of nitrogens with two attached hydrogens (primary N) is 1. The number of benzene rings is 1. The fourth-order valence-corrected chi connectivity index (χ4v) is 3.38. The zero-order valence-corrected chi connectivity index (χ0v) is 10.1. The van der Waals surface area contributed by atoms with Crippen LogP contribution in [0.4, 0.5) is 0 Å². The van der Waals surface area contributed by atoms with Crippen LogP contribution in [0.5, 0.6) is 0 Å². The number of thioether (sulfide) groups is 1. The quantitative estimate of drug-likeness (QED) is 0.831. The summed E-state index contributed by atoms with van der Waals surface area (Å²) >= 11 is 2.00. The number of aryl methyl sites for hydroxylation is 1. The van der Waals surface area contributed by atoms with Crippen molar-refractivity contribution in [2.45, 2.75) is 25.8 Å². The normalized spacial score (nSPS) is 26.5. The van der Waals surface area contributed by atoms with Gasteiger partial charge in [0.15, 0.2) is 0 Å². The van der Waals surface area contributed by atoms with E-state index in [4.69, 9.17) is 5.73 Å². The lowest BCUT2D eigenvalue weighted by atomic mass is 9.90. The molecule has 1 fully saturated rings. The fourth-order valence-electron chi connectivity index (χ4n) is 2.20. The number of rotatable bonds is 2. The highest BCUT2D eigenvalue weighted by Gasteiger charge is 2.22. The molecule has 0 amide bonds. The summed E-state index contributed by atoms with van der Waals surface area (Å²) in [6, 6.07) is 9.20. The van der Waals surface area contributed by atoms with Crippen LogP contribution in [-0.4, -0.2) is 17.5 Å². The van der Waals surface area contributed by atoms with E-state index in [1.165, 1.54) is 23.3 Å². The van der Waals surface area contributed by atoms with E-state index in [-0.39, 0.29) is 0 Å². The lowest BCUT2D eigenvalue weighted by molar-refractivity contribution is 0.425. The van der Waals surface area contributed by atoms with Crippen molar-refractivity contribution < 1.29 is 0 Å².